The summed E-state index contributed by atoms with van der Waals surface area (Å²) in [7, 11) is 3.04. The maximum absolute atomic E-state index is 12.7. The first-order chi connectivity index (χ1) is 14.5. The first kappa shape index (κ1) is 22.1. The van der Waals surface area contributed by atoms with Crippen molar-refractivity contribution < 1.29 is 25.2 Å². The van der Waals surface area contributed by atoms with Crippen LogP contribution in [0.2, 0.25) is 5.02 Å². The van der Waals surface area contributed by atoms with E-state index in [1.807, 2.05) is 0 Å². The number of amides is 2. The van der Waals surface area contributed by atoms with E-state index >= 15 is 0 Å². The molecule has 0 saturated heterocycles. The summed E-state index contributed by atoms with van der Waals surface area (Å²) in [4.78, 5) is 25.4. The van der Waals surface area contributed by atoms with Gasteiger partial charge >= 0.3 is 0 Å². The molecule has 3 N–H and O–H groups in total. The molecule has 10 heteroatoms. The second-order valence-corrected chi connectivity index (χ2v) is 7.36. The van der Waals surface area contributed by atoms with Crippen molar-refractivity contribution in [2.24, 2.45) is 0 Å². The summed E-state index contributed by atoms with van der Waals surface area (Å²) in [6, 6.07) is 4.94. The third-order valence-corrected chi connectivity index (χ3v) is 5.28. The monoisotopic (exact) mass is 438 g/mol. The Hall–Kier alpha value is -2.62. The molecule has 9 nitrogen and oxygen atoms in total. The quantitative estimate of drug-likeness (QED) is 0.545. The Kier molecular flexibility index (Phi) is 7.67. The number of nitrogens with zero attached hydrogens (tertiary/aromatic N) is 1. The lowest BCUT2D eigenvalue weighted by Gasteiger charge is -2.28. The zero-order valence-electron chi connectivity index (χ0n) is 16.9. The van der Waals surface area contributed by atoms with Crippen LogP contribution in [0.1, 0.15) is 48.0 Å². The van der Waals surface area contributed by atoms with Crippen molar-refractivity contribution in [3.63, 3.8) is 0 Å². The molecule has 0 aliphatic heterocycles. The van der Waals surface area contributed by atoms with Gasteiger partial charge in [-0.15, -0.1) is 0 Å². The zero-order chi connectivity index (χ0) is 21.5. The summed E-state index contributed by atoms with van der Waals surface area (Å²) in [5.41, 5.74) is 0.618. The molecule has 30 heavy (non-hydrogen) atoms. The molecular formula is C20H27ClN4O5. The number of anilines is 1. The van der Waals surface area contributed by atoms with E-state index in [1.54, 1.807) is 25.3 Å². The van der Waals surface area contributed by atoms with E-state index < -0.39 is 5.91 Å². The molecule has 1 saturated carbocycles. The van der Waals surface area contributed by atoms with Gasteiger partial charge < -0.3 is 24.8 Å². The van der Waals surface area contributed by atoms with Crippen LogP contribution in [0.3, 0.4) is 0 Å². The van der Waals surface area contributed by atoms with Crippen molar-refractivity contribution in [3.8, 4) is 5.75 Å². The lowest BCUT2D eigenvalue weighted by molar-refractivity contribution is -0.0837. The van der Waals surface area contributed by atoms with E-state index in [-0.39, 0.29) is 48.2 Å². The summed E-state index contributed by atoms with van der Waals surface area (Å²) in [5, 5.41) is 12.5. The fourth-order valence-electron chi connectivity index (χ4n) is 3.43. The summed E-state index contributed by atoms with van der Waals surface area (Å²) in [6.45, 7) is 0.273. The van der Waals surface area contributed by atoms with Crippen LogP contribution >= 0.6 is 11.6 Å². The highest BCUT2D eigenvalue weighted by Crippen LogP contribution is 2.28. The van der Waals surface area contributed by atoms with Gasteiger partial charge in [0.05, 0.1) is 30.1 Å². The second kappa shape index (κ2) is 10.4. The Balaban J connectivity index is 0.00000341. The van der Waals surface area contributed by atoms with Crippen molar-refractivity contribution in [3.05, 3.63) is 40.7 Å². The van der Waals surface area contributed by atoms with Gasteiger partial charge in [-0.25, -0.2) is 0 Å². The van der Waals surface area contributed by atoms with Gasteiger partial charge in [0.1, 0.15) is 23.8 Å². The van der Waals surface area contributed by atoms with E-state index in [4.69, 9.17) is 25.8 Å². The number of ether oxygens (including phenoxy) is 3. The van der Waals surface area contributed by atoms with E-state index in [0.717, 1.165) is 25.7 Å². The Labute approximate surface area is 180 Å². The molecule has 3 rings (SSSR count). The summed E-state index contributed by atoms with van der Waals surface area (Å²) in [5.74, 6) is -0.499. The summed E-state index contributed by atoms with van der Waals surface area (Å²) < 4.78 is 15.7. The number of carbonyl (C=O) groups excluding carboxylic acids is 2. The number of aromatic amines is 1. The predicted molar refractivity (Wildman–Crippen MR) is 113 cm³/mol. The normalized spacial score (nSPS) is 18.6. The molecule has 0 unspecified atom stereocenters. The molecule has 1 aromatic carbocycles. The van der Waals surface area contributed by atoms with Crippen LogP contribution < -0.4 is 15.4 Å². The van der Waals surface area contributed by atoms with E-state index in [9.17, 15) is 9.59 Å². The van der Waals surface area contributed by atoms with Gasteiger partial charge in [-0.3, -0.25) is 14.7 Å². The van der Waals surface area contributed by atoms with Crippen LogP contribution in [-0.4, -0.2) is 55.2 Å². The van der Waals surface area contributed by atoms with Gasteiger partial charge in [-0.2, -0.15) is 5.10 Å². The Morgan fingerprint density at radius 1 is 1.23 bits per heavy atom. The van der Waals surface area contributed by atoms with Crippen LogP contribution in [0.4, 0.5) is 5.69 Å². The molecule has 0 bridgehead atoms. The van der Waals surface area contributed by atoms with Crippen molar-refractivity contribution in [1.82, 2.24) is 15.5 Å². The number of hydrogen-bond donors (Lipinski definition) is 3. The van der Waals surface area contributed by atoms with Gasteiger partial charge in [-0.1, -0.05) is 17.7 Å². The van der Waals surface area contributed by atoms with E-state index in [0.29, 0.717) is 5.75 Å². The maximum Gasteiger partial charge on any atom is 0.271 e. The fourth-order valence-corrected chi connectivity index (χ4v) is 3.68. The van der Waals surface area contributed by atoms with Crippen LogP contribution in [0.15, 0.2) is 24.4 Å². The molecule has 0 radical (unpaired) electrons. The second-order valence-electron chi connectivity index (χ2n) is 6.95. The number of halogens is 1. The number of nitrogens with one attached hydrogen (secondary N) is 3. The largest absolute Gasteiger partial charge is 0.496 e. The molecule has 1 fully saturated rings. The van der Waals surface area contributed by atoms with Crippen molar-refractivity contribution in [1.29, 1.82) is 0 Å². The molecule has 1 heterocycles. The van der Waals surface area contributed by atoms with E-state index in [1.165, 1.54) is 13.3 Å². The first-order valence-corrected chi connectivity index (χ1v) is 10.00. The van der Waals surface area contributed by atoms with Gasteiger partial charge in [0.2, 0.25) is 0 Å². The lowest BCUT2D eigenvalue weighted by Crippen LogP contribution is -2.39. The van der Waals surface area contributed by atoms with Gasteiger partial charge in [-0.05, 0) is 37.8 Å². The summed E-state index contributed by atoms with van der Waals surface area (Å²) >= 11 is 6.16. The number of aromatic nitrogens is 2. The standard InChI is InChI=1S/C20H25ClN4O5.H2/c1-28-11-30-13-8-6-12(7-9-13)23-20(27)18-15(10-22-25-18)24-19(26)17-14(21)4-3-5-16(17)29-2;/h3-5,10,12-13H,6-9,11H2,1-2H3,(H,22,25)(H,23,27)(H,24,26);1H. The highest BCUT2D eigenvalue weighted by atomic mass is 35.5. The lowest BCUT2D eigenvalue weighted by atomic mass is 9.93. The number of H-pyrrole nitrogens is 1. The maximum atomic E-state index is 12.7. The number of rotatable bonds is 8. The molecule has 1 aromatic heterocycles. The van der Waals surface area contributed by atoms with Crippen LogP contribution in [-0.2, 0) is 9.47 Å². The molecule has 1 aliphatic rings. The highest BCUT2D eigenvalue weighted by molar-refractivity contribution is 6.35. The fraction of sp³-hybridized carbons (Fsp3) is 0.450. The molecule has 0 spiro atoms. The Morgan fingerprint density at radius 2 is 2.00 bits per heavy atom. The zero-order valence-corrected chi connectivity index (χ0v) is 17.6. The van der Waals surface area contributed by atoms with Crippen LogP contribution in [0.25, 0.3) is 0 Å². The Bertz CT molecular complexity index is 886. The van der Waals surface area contributed by atoms with Gasteiger partial charge in [0.15, 0.2) is 0 Å². The average molecular weight is 439 g/mol. The predicted octanol–water partition coefficient (Wildman–Crippen LogP) is 3.23. The number of benzene rings is 1. The van der Waals surface area contributed by atoms with Crippen LogP contribution in [0.5, 0.6) is 5.75 Å². The molecule has 2 amide bonds. The highest BCUT2D eigenvalue weighted by Gasteiger charge is 2.26. The average Bonchev–Trinajstić information content (AvgIpc) is 3.21. The molecular weight excluding hydrogens is 412 g/mol. The third-order valence-electron chi connectivity index (χ3n) is 4.97. The van der Waals surface area contributed by atoms with E-state index in [2.05, 4.69) is 20.8 Å². The smallest absolute Gasteiger partial charge is 0.271 e. The molecule has 2 aromatic rings. The first-order valence-electron chi connectivity index (χ1n) is 9.62. The number of carbonyl (C=O) groups is 2. The van der Waals surface area contributed by atoms with Gasteiger partial charge in [0.25, 0.3) is 11.8 Å². The van der Waals surface area contributed by atoms with Crippen molar-refractivity contribution in [2.75, 3.05) is 26.3 Å². The minimum atomic E-state index is -0.497. The Morgan fingerprint density at radius 3 is 2.70 bits per heavy atom. The molecule has 164 valence electrons. The minimum absolute atomic E-state index is 0. The van der Waals surface area contributed by atoms with Crippen molar-refractivity contribution in [2.45, 2.75) is 37.8 Å². The SMILES string of the molecule is COCOC1CCC(NC(=O)c2[nH]ncc2NC(=O)c2c(Cl)cccc2OC)CC1.[HH]. The topological polar surface area (TPSA) is 115 Å². The van der Waals surface area contributed by atoms with Gasteiger partial charge in [0, 0.05) is 14.6 Å². The third kappa shape index (κ3) is 5.29. The number of methoxy groups -OCH3 is 2. The minimum Gasteiger partial charge on any atom is -0.496 e. The molecule has 1 aliphatic carbocycles. The summed E-state index contributed by atoms with van der Waals surface area (Å²) in [6.07, 6.45) is 4.80. The molecule has 0 atom stereocenters. The van der Waals surface area contributed by atoms with Crippen molar-refractivity contribution >= 4 is 29.1 Å². The number of hydrogen-bond acceptors (Lipinski definition) is 6. The van der Waals surface area contributed by atoms with Crippen LogP contribution in [0, 0.1) is 0 Å².